The van der Waals surface area contributed by atoms with Gasteiger partial charge in [-0.3, -0.25) is 9.89 Å². The highest BCUT2D eigenvalue weighted by Crippen LogP contribution is 2.40. The van der Waals surface area contributed by atoms with Crippen molar-refractivity contribution in [2.75, 3.05) is 0 Å². The molecule has 1 fully saturated rings. The molecule has 1 aromatic heterocycles. The number of H-pyrrole nitrogens is 1. The summed E-state index contributed by atoms with van der Waals surface area (Å²) < 4.78 is 0. The lowest BCUT2D eigenvalue weighted by molar-refractivity contribution is 0.0950. The summed E-state index contributed by atoms with van der Waals surface area (Å²) in [5.41, 5.74) is 2.86. The van der Waals surface area contributed by atoms with E-state index in [0.717, 1.165) is 17.3 Å². The van der Waals surface area contributed by atoms with E-state index in [-0.39, 0.29) is 11.9 Å². The van der Waals surface area contributed by atoms with Crippen LogP contribution in [-0.4, -0.2) is 22.1 Å². The zero-order valence-corrected chi connectivity index (χ0v) is 11.4. The van der Waals surface area contributed by atoms with Gasteiger partial charge in [-0.15, -0.1) is 0 Å². The van der Waals surface area contributed by atoms with Gasteiger partial charge in [0.15, 0.2) is 0 Å². The number of nitrogens with one attached hydrogen (secondary N) is 2. The minimum absolute atomic E-state index is 0.0186. The van der Waals surface area contributed by atoms with Crippen LogP contribution in [0.1, 0.15) is 28.3 Å². The van der Waals surface area contributed by atoms with Crippen molar-refractivity contribution in [3.8, 4) is 0 Å². The molecule has 0 aliphatic heterocycles. The number of rotatable bonds is 3. The highest BCUT2D eigenvalue weighted by atomic mass is 16.1. The average Bonchev–Trinajstić information content (AvgIpc) is 3.12. The number of aromatic nitrogens is 2. The Morgan fingerprint density at radius 3 is 2.90 bits per heavy atom. The quantitative estimate of drug-likeness (QED) is 0.773. The standard InChI is InChI=1S/C17H15N3O/c21-17(12-6-7-13-10-18-20-15(13)8-12)19-16-9-14(16)11-4-2-1-3-5-11/h1-8,10,14,16H,9H2,(H,18,20)(H,19,21). The first-order chi connectivity index (χ1) is 10.3. The van der Waals surface area contributed by atoms with Gasteiger partial charge in [-0.2, -0.15) is 5.10 Å². The third kappa shape index (κ3) is 2.29. The average molecular weight is 277 g/mol. The minimum atomic E-state index is -0.0186. The lowest BCUT2D eigenvalue weighted by Crippen LogP contribution is -2.26. The van der Waals surface area contributed by atoms with Crippen molar-refractivity contribution in [3.63, 3.8) is 0 Å². The van der Waals surface area contributed by atoms with Gasteiger partial charge >= 0.3 is 0 Å². The topological polar surface area (TPSA) is 57.8 Å². The van der Waals surface area contributed by atoms with Gasteiger partial charge in [0.05, 0.1) is 11.7 Å². The first-order valence-corrected chi connectivity index (χ1v) is 7.10. The maximum Gasteiger partial charge on any atom is 0.251 e. The molecule has 1 saturated carbocycles. The van der Waals surface area contributed by atoms with Crippen molar-refractivity contribution in [1.82, 2.24) is 15.5 Å². The van der Waals surface area contributed by atoms with E-state index in [1.54, 1.807) is 6.20 Å². The summed E-state index contributed by atoms with van der Waals surface area (Å²) in [5, 5.41) is 11.0. The van der Waals surface area contributed by atoms with Gasteiger partial charge in [-0.05, 0) is 24.1 Å². The monoisotopic (exact) mass is 277 g/mol. The number of carbonyl (C=O) groups is 1. The number of nitrogens with zero attached hydrogens (tertiary/aromatic N) is 1. The molecule has 2 atom stereocenters. The second-order valence-electron chi connectivity index (χ2n) is 5.50. The van der Waals surface area contributed by atoms with Gasteiger partial charge in [0.2, 0.25) is 0 Å². The molecule has 104 valence electrons. The zero-order valence-electron chi connectivity index (χ0n) is 11.4. The molecule has 0 bridgehead atoms. The Hall–Kier alpha value is -2.62. The number of aromatic amines is 1. The molecular weight excluding hydrogens is 262 g/mol. The Kier molecular flexibility index (Phi) is 2.74. The van der Waals surface area contributed by atoms with E-state index in [0.29, 0.717) is 11.5 Å². The predicted octanol–water partition coefficient (Wildman–Crippen LogP) is 2.85. The van der Waals surface area contributed by atoms with E-state index in [2.05, 4.69) is 27.6 Å². The second kappa shape index (κ2) is 4.74. The van der Waals surface area contributed by atoms with Crippen LogP contribution in [0.4, 0.5) is 0 Å². The molecule has 1 amide bonds. The first-order valence-electron chi connectivity index (χ1n) is 7.10. The third-order valence-electron chi connectivity index (χ3n) is 4.04. The van der Waals surface area contributed by atoms with E-state index in [4.69, 9.17) is 0 Å². The van der Waals surface area contributed by atoms with Crippen molar-refractivity contribution >= 4 is 16.8 Å². The Morgan fingerprint density at radius 2 is 2.05 bits per heavy atom. The summed E-state index contributed by atoms with van der Waals surface area (Å²) in [6.07, 6.45) is 2.77. The Labute approximate surface area is 122 Å². The number of hydrogen-bond acceptors (Lipinski definition) is 2. The molecule has 4 nitrogen and oxygen atoms in total. The zero-order chi connectivity index (χ0) is 14.2. The Morgan fingerprint density at radius 1 is 1.19 bits per heavy atom. The summed E-state index contributed by atoms with van der Waals surface area (Å²) in [4.78, 5) is 12.3. The van der Waals surface area contributed by atoms with Crippen LogP contribution in [0.2, 0.25) is 0 Å². The Bertz CT molecular complexity index is 794. The summed E-state index contributed by atoms with van der Waals surface area (Å²) in [6.45, 7) is 0. The number of amides is 1. The maximum absolute atomic E-state index is 12.3. The van der Waals surface area contributed by atoms with Crippen LogP contribution in [-0.2, 0) is 0 Å². The number of fused-ring (bicyclic) bond motifs is 1. The number of hydrogen-bond donors (Lipinski definition) is 2. The van der Waals surface area contributed by atoms with Crippen molar-refractivity contribution in [1.29, 1.82) is 0 Å². The first kappa shape index (κ1) is 12.1. The second-order valence-corrected chi connectivity index (χ2v) is 5.50. The molecule has 0 radical (unpaired) electrons. The summed E-state index contributed by atoms with van der Waals surface area (Å²) in [7, 11) is 0. The van der Waals surface area contributed by atoms with E-state index < -0.39 is 0 Å². The van der Waals surface area contributed by atoms with Crippen LogP contribution in [0.15, 0.2) is 54.7 Å². The predicted molar refractivity (Wildman–Crippen MR) is 81.1 cm³/mol. The van der Waals surface area contributed by atoms with Crippen LogP contribution in [0.25, 0.3) is 10.9 Å². The number of carbonyl (C=O) groups excluding carboxylic acids is 1. The molecule has 1 aliphatic rings. The molecule has 4 rings (SSSR count). The fourth-order valence-electron chi connectivity index (χ4n) is 2.75. The van der Waals surface area contributed by atoms with E-state index in [9.17, 15) is 4.79 Å². The largest absolute Gasteiger partial charge is 0.349 e. The van der Waals surface area contributed by atoms with E-state index >= 15 is 0 Å². The molecule has 1 aliphatic carbocycles. The molecule has 2 N–H and O–H groups in total. The number of benzene rings is 2. The van der Waals surface area contributed by atoms with Crippen molar-refractivity contribution in [2.45, 2.75) is 18.4 Å². The van der Waals surface area contributed by atoms with Crippen LogP contribution >= 0.6 is 0 Å². The van der Waals surface area contributed by atoms with Crippen molar-refractivity contribution < 1.29 is 4.79 Å². The van der Waals surface area contributed by atoms with Gasteiger partial charge in [0.1, 0.15) is 0 Å². The van der Waals surface area contributed by atoms with E-state index in [1.807, 2.05) is 36.4 Å². The molecule has 21 heavy (non-hydrogen) atoms. The summed E-state index contributed by atoms with van der Waals surface area (Å²) in [6, 6.07) is 16.2. The van der Waals surface area contributed by atoms with Crippen LogP contribution in [0.5, 0.6) is 0 Å². The fourth-order valence-corrected chi connectivity index (χ4v) is 2.75. The lowest BCUT2D eigenvalue weighted by Gasteiger charge is -2.05. The van der Waals surface area contributed by atoms with Crippen LogP contribution in [0.3, 0.4) is 0 Å². The molecule has 2 unspecified atom stereocenters. The SMILES string of the molecule is O=C(NC1CC1c1ccccc1)c1ccc2cn[nH]c2c1. The highest BCUT2D eigenvalue weighted by molar-refractivity contribution is 5.98. The molecule has 0 saturated heterocycles. The molecule has 2 aromatic carbocycles. The highest BCUT2D eigenvalue weighted by Gasteiger charge is 2.39. The fraction of sp³-hybridized carbons (Fsp3) is 0.176. The van der Waals surface area contributed by atoms with Gasteiger partial charge in [0.25, 0.3) is 5.91 Å². The third-order valence-corrected chi connectivity index (χ3v) is 4.04. The van der Waals surface area contributed by atoms with Crippen molar-refractivity contribution in [3.05, 3.63) is 65.9 Å². The maximum atomic E-state index is 12.3. The van der Waals surface area contributed by atoms with Gasteiger partial charge < -0.3 is 5.32 Å². The lowest BCUT2D eigenvalue weighted by atomic mass is 10.1. The van der Waals surface area contributed by atoms with Gasteiger partial charge in [0, 0.05) is 22.9 Å². The molecule has 3 aromatic rings. The molecular formula is C17H15N3O. The normalized spacial score (nSPS) is 20.4. The van der Waals surface area contributed by atoms with Crippen LogP contribution in [0, 0.1) is 0 Å². The summed E-state index contributed by atoms with van der Waals surface area (Å²) >= 11 is 0. The van der Waals surface area contributed by atoms with Gasteiger partial charge in [-0.25, -0.2) is 0 Å². The summed E-state index contributed by atoms with van der Waals surface area (Å²) in [5.74, 6) is 0.431. The van der Waals surface area contributed by atoms with Gasteiger partial charge in [-0.1, -0.05) is 36.4 Å². The minimum Gasteiger partial charge on any atom is -0.349 e. The van der Waals surface area contributed by atoms with Crippen LogP contribution < -0.4 is 5.32 Å². The smallest absolute Gasteiger partial charge is 0.251 e. The van der Waals surface area contributed by atoms with E-state index in [1.165, 1.54) is 5.56 Å². The molecule has 0 spiro atoms. The van der Waals surface area contributed by atoms with Crippen molar-refractivity contribution in [2.24, 2.45) is 0 Å². The Balaban J connectivity index is 1.47. The molecule has 1 heterocycles. The molecule has 4 heteroatoms.